The van der Waals surface area contributed by atoms with Gasteiger partial charge in [0.05, 0.1) is 12.2 Å². The summed E-state index contributed by atoms with van der Waals surface area (Å²) in [4.78, 5) is 0. The van der Waals surface area contributed by atoms with Gasteiger partial charge in [0.1, 0.15) is 0 Å². The van der Waals surface area contributed by atoms with Crippen LogP contribution in [0.25, 0.3) is 10.9 Å². The molecule has 0 unspecified atom stereocenters. The van der Waals surface area contributed by atoms with E-state index < -0.39 is 0 Å². The van der Waals surface area contributed by atoms with Gasteiger partial charge in [-0.1, -0.05) is 26.0 Å². The fraction of sp³-hybridized carbons (Fsp3) is 0.556. The molecule has 0 saturated heterocycles. The van der Waals surface area contributed by atoms with E-state index in [1.807, 2.05) is 0 Å². The van der Waals surface area contributed by atoms with Gasteiger partial charge in [0, 0.05) is 36.2 Å². The molecule has 1 aromatic carbocycles. The Kier molecular flexibility index (Phi) is 5.07. The molecule has 2 aromatic rings. The third-order valence-electron chi connectivity index (χ3n) is 3.47. The molecule has 3 nitrogen and oxygen atoms in total. The summed E-state index contributed by atoms with van der Waals surface area (Å²) in [5, 5.41) is 4.83. The lowest BCUT2D eigenvalue weighted by molar-refractivity contribution is -0.00644. The van der Waals surface area contributed by atoms with Gasteiger partial charge >= 0.3 is 0 Å². The minimum Gasteiger partial charge on any atom is -0.374 e. The van der Waals surface area contributed by atoms with Crippen LogP contribution in [0.15, 0.2) is 30.5 Å². The minimum atomic E-state index is -0.0741. The van der Waals surface area contributed by atoms with Crippen LogP contribution in [-0.2, 0) is 17.8 Å². The van der Waals surface area contributed by atoms with Crippen molar-refractivity contribution in [3.63, 3.8) is 0 Å². The second-order valence-electron chi connectivity index (χ2n) is 6.86. The molecule has 0 radical (unpaired) electrons. The zero-order chi connectivity index (χ0) is 15.5. The average molecular weight is 288 g/mol. The fourth-order valence-electron chi connectivity index (χ4n) is 2.40. The number of benzene rings is 1. The number of nitrogens with one attached hydrogen (secondary N) is 1. The summed E-state index contributed by atoms with van der Waals surface area (Å²) in [6.45, 7) is 13.2. The topological polar surface area (TPSA) is 26.2 Å². The maximum absolute atomic E-state index is 5.83. The Morgan fingerprint density at radius 1 is 1.19 bits per heavy atom. The van der Waals surface area contributed by atoms with E-state index >= 15 is 0 Å². The third-order valence-corrected chi connectivity index (χ3v) is 3.47. The molecule has 0 atom stereocenters. The van der Waals surface area contributed by atoms with Gasteiger partial charge in [0.15, 0.2) is 0 Å². The number of fused-ring (bicyclic) bond motifs is 1. The molecule has 0 aliphatic heterocycles. The first-order valence-corrected chi connectivity index (χ1v) is 7.81. The predicted octanol–water partition coefficient (Wildman–Crippen LogP) is 3.95. The molecule has 0 spiro atoms. The number of ether oxygens (including phenoxy) is 1. The number of hydrogen-bond donors (Lipinski definition) is 1. The van der Waals surface area contributed by atoms with E-state index in [2.05, 4.69) is 75.0 Å². The highest BCUT2D eigenvalue weighted by Crippen LogP contribution is 2.20. The van der Waals surface area contributed by atoms with Crippen molar-refractivity contribution in [2.45, 2.75) is 59.4 Å². The number of aromatic nitrogens is 1. The van der Waals surface area contributed by atoms with Gasteiger partial charge in [0.25, 0.3) is 0 Å². The summed E-state index contributed by atoms with van der Waals surface area (Å²) in [5.74, 6) is 0. The van der Waals surface area contributed by atoms with Crippen molar-refractivity contribution in [1.29, 1.82) is 0 Å². The van der Waals surface area contributed by atoms with Crippen LogP contribution in [-0.4, -0.2) is 22.8 Å². The third kappa shape index (κ3) is 4.58. The highest BCUT2D eigenvalue weighted by Gasteiger charge is 2.10. The second-order valence-corrected chi connectivity index (χ2v) is 6.86. The van der Waals surface area contributed by atoms with Crippen LogP contribution < -0.4 is 5.32 Å². The van der Waals surface area contributed by atoms with E-state index in [4.69, 9.17) is 4.74 Å². The van der Waals surface area contributed by atoms with Gasteiger partial charge in [0.2, 0.25) is 0 Å². The molecule has 1 aromatic heterocycles. The van der Waals surface area contributed by atoms with Gasteiger partial charge in [-0.3, -0.25) is 0 Å². The van der Waals surface area contributed by atoms with Crippen molar-refractivity contribution in [2.24, 2.45) is 0 Å². The Morgan fingerprint density at radius 2 is 1.95 bits per heavy atom. The summed E-state index contributed by atoms with van der Waals surface area (Å²) >= 11 is 0. The van der Waals surface area contributed by atoms with E-state index in [0.29, 0.717) is 6.04 Å². The van der Waals surface area contributed by atoms with Crippen LogP contribution in [0.2, 0.25) is 0 Å². The number of hydrogen-bond acceptors (Lipinski definition) is 2. The maximum atomic E-state index is 5.83. The molecule has 1 heterocycles. The normalized spacial score (nSPS) is 12.5. The molecule has 3 heteroatoms. The molecular formula is C18H28N2O. The van der Waals surface area contributed by atoms with Crippen molar-refractivity contribution < 1.29 is 4.74 Å². The Bertz CT molecular complexity index is 578. The molecular weight excluding hydrogens is 260 g/mol. The van der Waals surface area contributed by atoms with E-state index in [-0.39, 0.29) is 5.60 Å². The van der Waals surface area contributed by atoms with Crippen molar-refractivity contribution in [3.05, 3.63) is 36.0 Å². The van der Waals surface area contributed by atoms with Crippen LogP contribution in [0.3, 0.4) is 0 Å². The van der Waals surface area contributed by atoms with Crippen LogP contribution in [0, 0.1) is 0 Å². The molecule has 0 aliphatic rings. The van der Waals surface area contributed by atoms with Gasteiger partial charge in [-0.25, -0.2) is 0 Å². The van der Waals surface area contributed by atoms with Gasteiger partial charge < -0.3 is 14.6 Å². The zero-order valence-electron chi connectivity index (χ0n) is 13.9. The number of nitrogens with zero attached hydrogens (tertiary/aromatic N) is 1. The molecule has 0 amide bonds. The highest BCUT2D eigenvalue weighted by atomic mass is 16.5. The van der Waals surface area contributed by atoms with Crippen molar-refractivity contribution in [1.82, 2.24) is 9.88 Å². The predicted molar refractivity (Wildman–Crippen MR) is 89.6 cm³/mol. The molecule has 2 rings (SSSR count). The Morgan fingerprint density at radius 3 is 2.62 bits per heavy atom. The standard InChI is InChI=1S/C18H28N2O/c1-14(2)19-13-15-7-6-8-17-16(15)9-10-20(17)11-12-21-18(3,4)5/h6-10,14,19H,11-13H2,1-5H3. The Labute approximate surface area is 128 Å². The largest absolute Gasteiger partial charge is 0.374 e. The average Bonchev–Trinajstić information content (AvgIpc) is 2.79. The highest BCUT2D eigenvalue weighted by molar-refractivity contribution is 5.83. The first kappa shape index (κ1) is 16.1. The lowest BCUT2D eigenvalue weighted by atomic mass is 10.1. The second kappa shape index (κ2) is 6.63. The summed E-state index contributed by atoms with van der Waals surface area (Å²) < 4.78 is 8.11. The minimum absolute atomic E-state index is 0.0741. The van der Waals surface area contributed by atoms with E-state index in [0.717, 1.165) is 19.7 Å². The van der Waals surface area contributed by atoms with Crippen LogP contribution in [0.4, 0.5) is 0 Å². The molecule has 0 aliphatic carbocycles. The van der Waals surface area contributed by atoms with Crippen LogP contribution >= 0.6 is 0 Å². The summed E-state index contributed by atoms with van der Waals surface area (Å²) in [5.41, 5.74) is 2.57. The van der Waals surface area contributed by atoms with E-state index in [1.54, 1.807) is 0 Å². The zero-order valence-corrected chi connectivity index (χ0v) is 13.9. The number of rotatable bonds is 6. The Hall–Kier alpha value is -1.32. The van der Waals surface area contributed by atoms with Gasteiger partial charge in [-0.15, -0.1) is 0 Å². The smallest absolute Gasteiger partial charge is 0.0652 e. The van der Waals surface area contributed by atoms with Crippen molar-refractivity contribution in [3.8, 4) is 0 Å². The summed E-state index contributed by atoms with van der Waals surface area (Å²) in [6.07, 6.45) is 2.16. The monoisotopic (exact) mass is 288 g/mol. The summed E-state index contributed by atoms with van der Waals surface area (Å²) in [6, 6.07) is 9.24. The lowest BCUT2D eigenvalue weighted by Gasteiger charge is -2.19. The first-order chi connectivity index (χ1) is 9.87. The van der Waals surface area contributed by atoms with E-state index in [1.165, 1.54) is 16.5 Å². The van der Waals surface area contributed by atoms with Gasteiger partial charge in [-0.05, 0) is 38.5 Å². The molecule has 0 fully saturated rings. The SMILES string of the molecule is CC(C)NCc1cccc2c1ccn2CCOC(C)(C)C. The van der Waals surface area contributed by atoms with Gasteiger partial charge in [-0.2, -0.15) is 0 Å². The molecule has 116 valence electrons. The quantitative estimate of drug-likeness (QED) is 0.871. The van der Waals surface area contributed by atoms with Crippen LogP contribution in [0.5, 0.6) is 0 Å². The van der Waals surface area contributed by atoms with E-state index in [9.17, 15) is 0 Å². The van der Waals surface area contributed by atoms with Crippen molar-refractivity contribution in [2.75, 3.05) is 6.61 Å². The van der Waals surface area contributed by atoms with Crippen molar-refractivity contribution >= 4 is 10.9 Å². The lowest BCUT2D eigenvalue weighted by Crippen LogP contribution is -2.22. The molecule has 21 heavy (non-hydrogen) atoms. The molecule has 1 N–H and O–H groups in total. The van der Waals surface area contributed by atoms with Crippen LogP contribution in [0.1, 0.15) is 40.2 Å². The molecule has 0 saturated carbocycles. The maximum Gasteiger partial charge on any atom is 0.0652 e. The summed E-state index contributed by atoms with van der Waals surface area (Å²) in [7, 11) is 0. The fourth-order valence-corrected chi connectivity index (χ4v) is 2.40. The first-order valence-electron chi connectivity index (χ1n) is 7.81. The molecule has 0 bridgehead atoms. The Balaban J connectivity index is 2.11.